The van der Waals surface area contributed by atoms with Crippen LogP contribution in [0.5, 0.6) is 0 Å². The minimum Gasteiger partial charge on any atom is -0.334 e. The van der Waals surface area contributed by atoms with E-state index in [9.17, 15) is 9.59 Å². The summed E-state index contributed by atoms with van der Waals surface area (Å²) in [5, 5.41) is 7.62. The van der Waals surface area contributed by atoms with Crippen LogP contribution in [-0.4, -0.2) is 50.2 Å². The fraction of sp³-hybridized carbons (Fsp3) is 0.533. The first kappa shape index (κ1) is 13.5. The second kappa shape index (κ2) is 5.24. The predicted octanol–water partition coefficient (Wildman–Crippen LogP) is -0.151. The maximum absolute atomic E-state index is 12.7. The van der Waals surface area contributed by atoms with Crippen molar-refractivity contribution in [2.24, 2.45) is 0 Å². The molecule has 4 rings (SSSR count). The minimum atomic E-state index is -0.260. The Morgan fingerprint density at radius 2 is 2.14 bits per heavy atom. The number of amides is 1. The van der Waals surface area contributed by atoms with E-state index >= 15 is 0 Å². The molecule has 2 unspecified atom stereocenters. The molecule has 2 aromatic heterocycles. The quantitative estimate of drug-likeness (QED) is 0.837. The van der Waals surface area contributed by atoms with Crippen LogP contribution < -0.4 is 11.0 Å². The van der Waals surface area contributed by atoms with E-state index < -0.39 is 0 Å². The van der Waals surface area contributed by atoms with Crippen LogP contribution in [-0.2, 0) is 11.3 Å². The molecule has 0 saturated carbocycles. The number of carbonyl (C=O) groups is 1. The van der Waals surface area contributed by atoms with Gasteiger partial charge >= 0.3 is 5.69 Å². The molecule has 2 bridgehead atoms. The van der Waals surface area contributed by atoms with Gasteiger partial charge in [0.05, 0.1) is 0 Å². The van der Waals surface area contributed by atoms with Gasteiger partial charge in [0.25, 0.3) is 0 Å². The molecule has 0 aliphatic carbocycles. The van der Waals surface area contributed by atoms with Gasteiger partial charge in [0.2, 0.25) is 5.91 Å². The average molecular weight is 301 g/mol. The van der Waals surface area contributed by atoms with Gasteiger partial charge < -0.3 is 10.2 Å². The Balaban J connectivity index is 1.61. The van der Waals surface area contributed by atoms with Gasteiger partial charge in [-0.15, -0.1) is 5.10 Å². The molecule has 2 fully saturated rings. The molecule has 2 saturated heterocycles. The fourth-order valence-corrected chi connectivity index (χ4v) is 3.67. The third kappa shape index (κ3) is 2.12. The predicted molar refractivity (Wildman–Crippen MR) is 80.6 cm³/mol. The third-order valence-corrected chi connectivity index (χ3v) is 4.72. The molecule has 116 valence electrons. The highest BCUT2D eigenvalue weighted by atomic mass is 16.2. The number of rotatable bonds is 2. The van der Waals surface area contributed by atoms with E-state index in [1.807, 2.05) is 11.0 Å². The maximum Gasteiger partial charge on any atom is 0.350 e. The van der Waals surface area contributed by atoms with Crippen LogP contribution >= 0.6 is 0 Å². The van der Waals surface area contributed by atoms with Crippen LogP contribution in [0.2, 0.25) is 0 Å². The molecular weight excluding hydrogens is 282 g/mol. The standard InChI is InChI=1S/C15H19N5O2/c21-14(20-11-4-5-12(20)9-16-7-6-11)10-19-15(22)18-8-2-1-3-13(18)17-19/h1-3,8,11-12,16H,4-7,9-10H2. The summed E-state index contributed by atoms with van der Waals surface area (Å²) in [5.41, 5.74) is 0.310. The van der Waals surface area contributed by atoms with Crippen LogP contribution in [0.3, 0.4) is 0 Å². The van der Waals surface area contributed by atoms with E-state index in [1.165, 1.54) is 9.08 Å². The van der Waals surface area contributed by atoms with Gasteiger partial charge in [0, 0.05) is 24.8 Å². The number of nitrogens with zero attached hydrogens (tertiary/aromatic N) is 4. The number of hydrogen-bond donors (Lipinski definition) is 1. The van der Waals surface area contributed by atoms with E-state index in [2.05, 4.69) is 10.4 Å². The molecule has 2 aliphatic heterocycles. The summed E-state index contributed by atoms with van der Waals surface area (Å²) in [6.45, 7) is 1.83. The van der Waals surface area contributed by atoms with Crippen molar-refractivity contribution in [3.05, 3.63) is 34.9 Å². The van der Waals surface area contributed by atoms with Gasteiger partial charge in [-0.05, 0) is 37.9 Å². The highest BCUT2D eigenvalue weighted by Gasteiger charge is 2.38. The van der Waals surface area contributed by atoms with Crippen molar-refractivity contribution >= 4 is 11.6 Å². The zero-order valence-corrected chi connectivity index (χ0v) is 12.3. The van der Waals surface area contributed by atoms with Crippen molar-refractivity contribution in [3.8, 4) is 0 Å². The average Bonchev–Trinajstić information content (AvgIpc) is 2.96. The van der Waals surface area contributed by atoms with Gasteiger partial charge in [-0.2, -0.15) is 0 Å². The van der Waals surface area contributed by atoms with Crippen LogP contribution in [0, 0.1) is 0 Å². The summed E-state index contributed by atoms with van der Waals surface area (Å²) in [7, 11) is 0. The summed E-state index contributed by atoms with van der Waals surface area (Å²) >= 11 is 0. The Labute approximate surface area is 127 Å². The molecule has 4 heterocycles. The molecule has 22 heavy (non-hydrogen) atoms. The number of pyridine rings is 1. The molecule has 0 spiro atoms. The van der Waals surface area contributed by atoms with Gasteiger partial charge in [-0.1, -0.05) is 6.07 Å². The first-order valence-corrected chi connectivity index (χ1v) is 7.80. The molecule has 1 N–H and O–H groups in total. The largest absolute Gasteiger partial charge is 0.350 e. The van der Waals surface area contributed by atoms with E-state index in [-0.39, 0.29) is 24.2 Å². The van der Waals surface area contributed by atoms with Crippen molar-refractivity contribution < 1.29 is 4.79 Å². The highest BCUT2D eigenvalue weighted by Crippen LogP contribution is 2.28. The Morgan fingerprint density at radius 3 is 3.00 bits per heavy atom. The number of nitrogens with one attached hydrogen (secondary N) is 1. The molecule has 2 aromatic rings. The molecule has 2 atom stereocenters. The van der Waals surface area contributed by atoms with Gasteiger partial charge in [-0.3, -0.25) is 9.20 Å². The van der Waals surface area contributed by atoms with Crippen molar-refractivity contribution in [1.29, 1.82) is 0 Å². The molecule has 0 aromatic carbocycles. The summed E-state index contributed by atoms with van der Waals surface area (Å²) in [5.74, 6) is 0.00158. The molecule has 2 aliphatic rings. The van der Waals surface area contributed by atoms with Gasteiger partial charge in [0.15, 0.2) is 5.65 Å². The van der Waals surface area contributed by atoms with Crippen LogP contribution in [0.1, 0.15) is 19.3 Å². The Kier molecular flexibility index (Phi) is 3.22. The zero-order chi connectivity index (χ0) is 15.1. The number of fused-ring (bicyclic) bond motifs is 3. The summed E-state index contributed by atoms with van der Waals surface area (Å²) in [6.07, 6.45) is 4.77. The third-order valence-electron chi connectivity index (χ3n) is 4.72. The zero-order valence-electron chi connectivity index (χ0n) is 12.3. The number of hydrogen-bond acceptors (Lipinski definition) is 4. The van der Waals surface area contributed by atoms with Crippen LogP contribution in [0.25, 0.3) is 5.65 Å². The SMILES string of the molecule is O=C(Cn1nc2ccccn2c1=O)N1C2CCNCC1CC2. The second-order valence-electron chi connectivity index (χ2n) is 6.05. The molecule has 7 heteroatoms. The van der Waals surface area contributed by atoms with E-state index in [0.717, 1.165) is 32.4 Å². The highest BCUT2D eigenvalue weighted by molar-refractivity contribution is 5.77. The van der Waals surface area contributed by atoms with Gasteiger partial charge in [0.1, 0.15) is 6.54 Å². The smallest absolute Gasteiger partial charge is 0.334 e. The Morgan fingerprint density at radius 1 is 1.27 bits per heavy atom. The summed E-state index contributed by atoms with van der Waals surface area (Å²) < 4.78 is 2.74. The molecule has 1 amide bonds. The van der Waals surface area contributed by atoms with Gasteiger partial charge in [-0.25, -0.2) is 9.48 Å². The van der Waals surface area contributed by atoms with Crippen molar-refractivity contribution in [2.45, 2.75) is 37.9 Å². The fourth-order valence-electron chi connectivity index (χ4n) is 3.67. The Bertz CT molecular complexity index is 751. The lowest BCUT2D eigenvalue weighted by Gasteiger charge is -2.27. The summed E-state index contributed by atoms with van der Waals surface area (Å²) in [4.78, 5) is 27.0. The van der Waals surface area contributed by atoms with Crippen molar-refractivity contribution in [1.82, 2.24) is 24.4 Å². The van der Waals surface area contributed by atoms with E-state index in [4.69, 9.17) is 0 Å². The lowest BCUT2D eigenvalue weighted by Crippen LogP contribution is -2.45. The summed E-state index contributed by atoms with van der Waals surface area (Å²) in [6, 6.07) is 5.94. The van der Waals surface area contributed by atoms with E-state index in [0.29, 0.717) is 11.7 Å². The maximum atomic E-state index is 12.7. The lowest BCUT2D eigenvalue weighted by molar-refractivity contribution is -0.134. The first-order chi connectivity index (χ1) is 10.7. The monoisotopic (exact) mass is 301 g/mol. The number of carbonyl (C=O) groups excluding carboxylic acids is 1. The second-order valence-corrected chi connectivity index (χ2v) is 6.05. The number of aromatic nitrogens is 3. The normalized spacial score (nSPS) is 24.6. The lowest BCUT2D eigenvalue weighted by atomic mass is 10.1. The molecule has 7 nitrogen and oxygen atoms in total. The van der Waals surface area contributed by atoms with Crippen LogP contribution in [0.4, 0.5) is 0 Å². The molecular formula is C15H19N5O2. The van der Waals surface area contributed by atoms with E-state index in [1.54, 1.807) is 18.3 Å². The Hall–Kier alpha value is -2.15. The van der Waals surface area contributed by atoms with Crippen molar-refractivity contribution in [3.63, 3.8) is 0 Å². The molecule has 0 radical (unpaired) electrons. The first-order valence-electron chi connectivity index (χ1n) is 7.80. The minimum absolute atomic E-state index is 0.00158. The topological polar surface area (TPSA) is 71.6 Å². The van der Waals surface area contributed by atoms with Crippen LogP contribution in [0.15, 0.2) is 29.2 Å². The van der Waals surface area contributed by atoms with Crippen molar-refractivity contribution in [2.75, 3.05) is 13.1 Å².